The molecule has 1 heterocycles. The van der Waals surface area contributed by atoms with Crippen molar-refractivity contribution in [2.75, 3.05) is 33.2 Å². The first kappa shape index (κ1) is 15.6. The van der Waals surface area contributed by atoms with E-state index in [4.69, 9.17) is 5.11 Å². The summed E-state index contributed by atoms with van der Waals surface area (Å²) in [5.41, 5.74) is 0. The lowest BCUT2D eigenvalue weighted by molar-refractivity contribution is -0.143. The molecule has 0 aromatic heterocycles. The second kappa shape index (κ2) is 6.78. The predicted octanol–water partition coefficient (Wildman–Crippen LogP) is 0.361. The number of likely N-dealkylation sites (N-methyl/N-ethyl adjacent to an activating group) is 1. The van der Waals surface area contributed by atoms with Crippen molar-refractivity contribution in [2.24, 2.45) is 11.8 Å². The summed E-state index contributed by atoms with van der Waals surface area (Å²) in [4.78, 5) is 37.6. The fourth-order valence-corrected chi connectivity index (χ4v) is 2.89. The van der Waals surface area contributed by atoms with Gasteiger partial charge in [-0.2, -0.15) is 0 Å². The van der Waals surface area contributed by atoms with Gasteiger partial charge in [0.1, 0.15) is 6.54 Å². The third kappa shape index (κ3) is 4.09. The molecule has 21 heavy (non-hydrogen) atoms. The van der Waals surface area contributed by atoms with Crippen LogP contribution < -0.4 is 5.32 Å². The van der Waals surface area contributed by atoms with E-state index in [1.165, 1.54) is 4.90 Å². The van der Waals surface area contributed by atoms with E-state index in [-0.39, 0.29) is 24.4 Å². The van der Waals surface area contributed by atoms with Crippen molar-refractivity contribution in [1.82, 2.24) is 15.1 Å². The topological polar surface area (TPSA) is 89.9 Å². The summed E-state index contributed by atoms with van der Waals surface area (Å²) in [5.74, 6) is -0.647. The van der Waals surface area contributed by atoms with Crippen molar-refractivity contribution in [3.63, 3.8) is 0 Å². The Morgan fingerprint density at radius 1 is 1.24 bits per heavy atom. The van der Waals surface area contributed by atoms with Gasteiger partial charge < -0.3 is 20.2 Å². The number of hydrogen-bond acceptors (Lipinski definition) is 3. The van der Waals surface area contributed by atoms with Gasteiger partial charge in [-0.3, -0.25) is 9.59 Å². The average molecular weight is 297 g/mol. The molecule has 1 aliphatic heterocycles. The van der Waals surface area contributed by atoms with Crippen molar-refractivity contribution in [3.8, 4) is 0 Å². The summed E-state index contributed by atoms with van der Waals surface area (Å²) < 4.78 is 0. The van der Waals surface area contributed by atoms with Gasteiger partial charge in [0.05, 0.1) is 5.92 Å². The maximum atomic E-state index is 12.0. The summed E-state index contributed by atoms with van der Waals surface area (Å²) in [7, 11) is 1.73. The van der Waals surface area contributed by atoms with Crippen molar-refractivity contribution in [3.05, 3.63) is 0 Å². The molecule has 7 nitrogen and oxygen atoms in total. The van der Waals surface area contributed by atoms with E-state index in [1.54, 1.807) is 11.9 Å². The summed E-state index contributed by atoms with van der Waals surface area (Å²) in [6, 6.07) is -0.197. The van der Waals surface area contributed by atoms with E-state index in [2.05, 4.69) is 5.32 Å². The number of hydrogen-bond donors (Lipinski definition) is 2. The van der Waals surface area contributed by atoms with Gasteiger partial charge in [0, 0.05) is 26.7 Å². The Bertz CT molecular complexity index is 418. The van der Waals surface area contributed by atoms with Gasteiger partial charge in [-0.05, 0) is 31.6 Å². The minimum atomic E-state index is -0.714. The van der Waals surface area contributed by atoms with Gasteiger partial charge in [-0.25, -0.2) is 4.79 Å². The van der Waals surface area contributed by atoms with Crippen LogP contribution in [0.4, 0.5) is 4.79 Å². The molecule has 3 amide bonds. The SMILES string of the molecule is CN1CCN(C(=O)NCC2CCC(C(=O)O)CC2)CC1=O. The van der Waals surface area contributed by atoms with Crippen molar-refractivity contribution in [1.29, 1.82) is 0 Å². The van der Waals surface area contributed by atoms with Gasteiger partial charge >= 0.3 is 12.0 Å². The summed E-state index contributed by atoms with van der Waals surface area (Å²) in [6.07, 6.45) is 3.03. The lowest BCUT2D eigenvalue weighted by Crippen LogP contribution is -2.53. The third-order valence-corrected chi connectivity index (χ3v) is 4.48. The Balaban J connectivity index is 1.70. The smallest absolute Gasteiger partial charge is 0.317 e. The van der Waals surface area contributed by atoms with Crippen LogP contribution >= 0.6 is 0 Å². The van der Waals surface area contributed by atoms with Gasteiger partial charge in [0.25, 0.3) is 0 Å². The standard InChI is InChI=1S/C14H23N3O4/c1-16-6-7-17(9-12(16)18)14(21)15-8-10-2-4-11(5-3-10)13(19)20/h10-11H,2-9H2,1H3,(H,15,21)(H,19,20). The number of rotatable bonds is 3. The van der Waals surface area contributed by atoms with E-state index in [9.17, 15) is 14.4 Å². The molecule has 0 aromatic rings. The summed E-state index contributed by atoms with van der Waals surface area (Å²) in [6.45, 7) is 1.82. The fraction of sp³-hybridized carbons (Fsp3) is 0.786. The number of carbonyl (C=O) groups excluding carboxylic acids is 2. The monoisotopic (exact) mass is 297 g/mol. The average Bonchev–Trinajstić information content (AvgIpc) is 2.48. The second-order valence-corrected chi connectivity index (χ2v) is 5.98. The van der Waals surface area contributed by atoms with Crippen LogP contribution in [0.3, 0.4) is 0 Å². The maximum absolute atomic E-state index is 12.0. The highest BCUT2D eigenvalue weighted by atomic mass is 16.4. The highest BCUT2D eigenvalue weighted by Gasteiger charge is 2.28. The number of carboxylic acid groups (broad SMARTS) is 1. The van der Waals surface area contributed by atoms with Gasteiger partial charge in [-0.1, -0.05) is 0 Å². The van der Waals surface area contributed by atoms with Crippen LogP contribution in [0, 0.1) is 11.8 Å². The van der Waals surface area contributed by atoms with E-state index < -0.39 is 5.97 Å². The largest absolute Gasteiger partial charge is 0.481 e. The zero-order valence-electron chi connectivity index (χ0n) is 12.4. The lowest BCUT2D eigenvalue weighted by atomic mass is 9.82. The van der Waals surface area contributed by atoms with E-state index in [0.717, 1.165) is 12.8 Å². The van der Waals surface area contributed by atoms with Gasteiger partial charge in [-0.15, -0.1) is 0 Å². The molecule has 2 N–H and O–H groups in total. The molecule has 0 radical (unpaired) electrons. The number of aliphatic carboxylic acids is 1. The number of carbonyl (C=O) groups is 3. The van der Waals surface area contributed by atoms with Crippen LogP contribution in [0.15, 0.2) is 0 Å². The molecule has 0 atom stereocenters. The Hall–Kier alpha value is -1.79. The van der Waals surface area contributed by atoms with E-state index in [1.807, 2.05) is 0 Å². The Kier molecular flexibility index (Phi) is 5.03. The predicted molar refractivity (Wildman–Crippen MR) is 75.7 cm³/mol. The quantitative estimate of drug-likeness (QED) is 0.787. The number of carboxylic acids is 1. The van der Waals surface area contributed by atoms with Crippen molar-refractivity contribution >= 4 is 17.9 Å². The van der Waals surface area contributed by atoms with Crippen LogP contribution in [-0.2, 0) is 9.59 Å². The summed E-state index contributed by atoms with van der Waals surface area (Å²) >= 11 is 0. The zero-order chi connectivity index (χ0) is 15.4. The molecule has 0 bridgehead atoms. The molecule has 0 unspecified atom stereocenters. The Morgan fingerprint density at radius 3 is 2.48 bits per heavy atom. The highest BCUT2D eigenvalue weighted by molar-refractivity contribution is 5.85. The molecule has 2 aliphatic rings. The Morgan fingerprint density at radius 2 is 1.90 bits per heavy atom. The fourth-order valence-electron chi connectivity index (χ4n) is 2.89. The second-order valence-electron chi connectivity index (χ2n) is 5.98. The molecule has 0 spiro atoms. The Labute approximate surface area is 124 Å². The molecule has 118 valence electrons. The van der Waals surface area contributed by atoms with Gasteiger partial charge in [0.2, 0.25) is 5.91 Å². The maximum Gasteiger partial charge on any atom is 0.317 e. The minimum Gasteiger partial charge on any atom is -0.481 e. The molecular weight excluding hydrogens is 274 g/mol. The van der Waals surface area contributed by atoms with Crippen LogP contribution in [-0.4, -0.2) is 66.0 Å². The zero-order valence-corrected chi connectivity index (χ0v) is 12.4. The normalized spacial score (nSPS) is 26.6. The van der Waals surface area contributed by atoms with E-state index in [0.29, 0.717) is 38.4 Å². The van der Waals surface area contributed by atoms with Crippen LogP contribution in [0.2, 0.25) is 0 Å². The van der Waals surface area contributed by atoms with Crippen molar-refractivity contribution in [2.45, 2.75) is 25.7 Å². The minimum absolute atomic E-state index is 0.0432. The lowest BCUT2D eigenvalue weighted by Gasteiger charge is -2.33. The number of nitrogens with zero attached hydrogens (tertiary/aromatic N) is 2. The van der Waals surface area contributed by atoms with Crippen LogP contribution in [0.5, 0.6) is 0 Å². The third-order valence-electron chi connectivity index (χ3n) is 4.48. The molecule has 7 heteroatoms. The number of urea groups is 1. The molecular formula is C14H23N3O4. The van der Waals surface area contributed by atoms with E-state index >= 15 is 0 Å². The molecule has 1 saturated carbocycles. The van der Waals surface area contributed by atoms with Crippen LogP contribution in [0.1, 0.15) is 25.7 Å². The molecule has 2 fully saturated rings. The first-order valence-corrected chi connectivity index (χ1v) is 7.47. The van der Waals surface area contributed by atoms with Crippen molar-refractivity contribution < 1.29 is 19.5 Å². The molecule has 1 aliphatic carbocycles. The summed E-state index contributed by atoms with van der Waals surface area (Å²) in [5, 5.41) is 11.8. The number of nitrogens with one attached hydrogen (secondary N) is 1. The number of piperazine rings is 1. The van der Waals surface area contributed by atoms with Gasteiger partial charge in [0.15, 0.2) is 0 Å². The first-order valence-electron chi connectivity index (χ1n) is 7.47. The first-order chi connectivity index (χ1) is 9.97. The van der Waals surface area contributed by atoms with Crippen LogP contribution in [0.25, 0.3) is 0 Å². The molecule has 2 rings (SSSR count). The molecule has 1 saturated heterocycles. The number of amides is 3. The highest BCUT2D eigenvalue weighted by Crippen LogP contribution is 2.28. The molecule has 0 aromatic carbocycles.